The minimum atomic E-state index is -2.57. The lowest BCUT2D eigenvalue weighted by Gasteiger charge is -2.38. The Morgan fingerprint density at radius 1 is 0.880 bits per heavy atom. The van der Waals surface area contributed by atoms with Gasteiger partial charge in [-0.15, -0.1) is 0 Å². The Morgan fingerprint density at radius 3 is 2.08 bits per heavy atom. The van der Waals surface area contributed by atoms with E-state index in [2.05, 4.69) is 6.07 Å². The molecule has 0 aromatic heterocycles. The van der Waals surface area contributed by atoms with Crippen molar-refractivity contribution in [2.24, 2.45) is 0 Å². The summed E-state index contributed by atoms with van der Waals surface area (Å²) in [4.78, 5) is -0.181. The van der Waals surface area contributed by atoms with Crippen molar-refractivity contribution in [2.45, 2.75) is 6.54 Å². The lowest BCUT2D eigenvalue weighted by Crippen LogP contribution is -2.42. The zero-order valence-electron chi connectivity index (χ0n) is 13.3. The zero-order chi connectivity index (χ0) is 17.4. The molecular weight excluding hydrogens is 334 g/mol. The molecule has 1 aliphatic rings. The van der Waals surface area contributed by atoms with Gasteiger partial charge in [-0.1, -0.05) is 48.5 Å². The smallest absolute Gasteiger partial charge is 0.277 e. The number of benzene rings is 3. The first-order valence-electron chi connectivity index (χ1n) is 7.89. The molecule has 124 valence electrons. The molecule has 25 heavy (non-hydrogen) atoms. The van der Waals surface area contributed by atoms with E-state index < -0.39 is 14.9 Å². The fraction of sp³-hybridized carbons (Fsp3) is 0.0500. The second-order valence-electron chi connectivity index (χ2n) is 6.02. The van der Waals surface area contributed by atoms with E-state index in [1.54, 1.807) is 12.2 Å². The molecule has 4 rings (SSSR count). The van der Waals surface area contributed by atoms with Crippen LogP contribution >= 0.6 is 0 Å². The van der Waals surface area contributed by atoms with Gasteiger partial charge in [0.1, 0.15) is 12.7 Å². The van der Waals surface area contributed by atoms with Gasteiger partial charge in [-0.2, -0.15) is 8.42 Å². The molecule has 0 spiro atoms. The molecule has 0 aliphatic carbocycles. The molecule has 3 aromatic carbocycles. The first-order chi connectivity index (χ1) is 12.1. The third-order valence-corrected chi connectivity index (χ3v) is 5.28. The van der Waals surface area contributed by atoms with Gasteiger partial charge in [0, 0.05) is 11.6 Å². The van der Waals surface area contributed by atoms with E-state index >= 15 is 0 Å². The molecule has 1 unspecified atom stereocenters. The van der Waals surface area contributed by atoms with E-state index in [-0.39, 0.29) is 11.5 Å². The van der Waals surface area contributed by atoms with Gasteiger partial charge in [0.25, 0.3) is 15.3 Å². The molecule has 4 nitrogen and oxygen atoms in total. The van der Waals surface area contributed by atoms with E-state index in [1.165, 1.54) is 12.3 Å². The van der Waals surface area contributed by atoms with Crippen molar-refractivity contribution >= 4 is 36.8 Å². The summed E-state index contributed by atoms with van der Waals surface area (Å²) in [5.74, 6) is 0. The number of hydrogen-bond acceptors (Lipinski definition) is 3. The molecule has 1 atom stereocenters. The Morgan fingerprint density at radius 2 is 1.48 bits per heavy atom. The summed E-state index contributed by atoms with van der Waals surface area (Å²) in [5.41, 5.74) is 0.853. The number of rotatable bonds is 2. The Balaban J connectivity index is 2.01. The lowest BCUT2D eigenvalue weighted by atomic mass is 9.96. The van der Waals surface area contributed by atoms with Crippen LogP contribution in [-0.2, 0) is 16.8 Å². The maximum absolute atomic E-state index is 13.3. The van der Waals surface area contributed by atoms with E-state index in [1.807, 2.05) is 48.5 Å². The van der Waals surface area contributed by atoms with Crippen LogP contribution in [0.25, 0.3) is 21.5 Å². The van der Waals surface area contributed by atoms with Gasteiger partial charge in [-0.3, -0.25) is 4.65 Å². The summed E-state index contributed by atoms with van der Waals surface area (Å²) in [6.45, 7) is 0.0199. The first-order valence-corrected chi connectivity index (χ1v) is 8.97. The van der Waals surface area contributed by atoms with Crippen LogP contribution in [0.1, 0.15) is 5.56 Å². The van der Waals surface area contributed by atoms with E-state index in [9.17, 15) is 13.6 Å². The van der Waals surface area contributed by atoms with Crippen molar-refractivity contribution in [2.75, 3.05) is 0 Å². The van der Waals surface area contributed by atoms with Crippen LogP contribution < -0.4 is 0 Å². The Kier molecular flexibility index (Phi) is 3.77. The van der Waals surface area contributed by atoms with Gasteiger partial charge < -0.3 is 5.21 Å². The van der Waals surface area contributed by atoms with Crippen molar-refractivity contribution in [3.05, 3.63) is 89.8 Å². The normalized spacial score (nSPS) is 19.6. The fourth-order valence-electron chi connectivity index (χ4n) is 3.35. The van der Waals surface area contributed by atoms with E-state index in [0.717, 1.165) is 27.1 Å². The van der Waals surface area contributed by atoms with Gasteiger partial charge >= 0.3 is 0 Å². The topological polar surface area (TPSA) is 57.2 Å². The third kappa shape index (κ3) is 2.68. The van der Waals surface area contributed by atoms with E-state index in [0.29, 0.717) is 0 Å². The molecule has 0 bridgehead atoms. The molecule has 1 heterocycles. The summed E-state index contributed by atoms with van der Waals surface area (Å²) in [6.07, 6.45) is 5.91. The quantitative estimate of drug-likeness (QED) is 0.305. The SMILES string of the molecule is O=S(=O)=C1C=CC=C[N+]1([O-])Cc1c2ccccc2cc2ccccc12. The van der Waals surface area contributed by atoms with Crippen LogP contribution in [0.15, 0.2) is 79.0 Å². The third-order valence-electron chi connectivity index (χ3n) is 4.50. The molecule has 0 radical (unpaired) electrons. The number of hydroxylamine groups is 3. The van der Waals surface area contributed by atoms with Gasteiger partial charge in [0.15, 0.2) is 0 Å². The summed E-state index contributed by atoms with van der Waals surface area (Å²) in [5, 5.41) is 17.3. The highest BCUT2D eigenvalue weighted by molar-refractivity contribution is 7.72. The van der Waals surface area contributed by atoms with Crippen molar-refractivity contribution in [1.29, 1.82) is 0 Å². The van der Waals surface area contributed by atoms with Crippen LogP contribution in [0.5, 0.6) is 0 Å². The van der Waals surface area contributed by atoms with Gasteiger partial charge in [-0.05, 0) is 39.8 Å². The molecular formula is C20H15NO3S. The number of fused-ring (bicyclic) bond motifs is 2. The Bertz CT molecular complexity index is 1130. The maximum Gasteiger partial charge on any atom is 0.277 e. The Labute approximate surface area is 146 Å². The first kappa shape index (κ1) is 15.8. The highest BCUT2D eigenvalue weighted by atomic mass is 32.2. The second kappa shape index (κ2) is 5.97. The van der Waals surface area contributed by atoms with E-state index in [4.69, 9.17) is 0 Å². The number of hydrogen-bond donors (Lipinski definition) is 0. The number of quaternary nitrogens is 1. The molecule has 1 aliphatic heterocycles. The number of nitrogens with zero attached hydrogens (tertiary/aromatic N) is 1. The second-order valence-corrected chi connectivity index (χ2v) is 6.91. The minimum Gasteiger partial charge on any atom is -0.621 e. The molecule has 3 aromatic rings. The van der Waals surface area contributed by atoms with Crippen LogP contribution in [0.2, 0.25) is 0 Å². The van der Waals surface area contributed by atoms with Crippen LogP contribution in [0.3, 0.4) is 0 Å². The molecule has 5 heteroatoms. The fourth-order valence-corrected chi connectivity index (χ4v) is 3.92. The maximum atomic E-state index is 13.3. The largest absolute Gasteiger partial charge is 0.621 e. The van der Waals surface area contributed by atoms with Crippen LogP contribution in [-0.4, -0.2) is 18.1 Å². The summed E-state index contributed by atoms with van der Waals surface area (Å²) in [7, 11) is -2.57. The van der Waals surface area contributed by atoms with Crippen molar-refractivity contribution < 1.29 is 13.1 Å². The summed E-state index contributed by atoms with van der Waals surface area (Å²) in [6, 6.07) is 17.8. The summed E-state index contributed by atoms with van der Waals surface area (Å²) >= 11 is 0. The van der Waals surface area contributed by atoms with Crippen molar-refractivity contribution in [1.82, 2.24) is 0 Å². The molecule has 0 saturated heterocycles. The Hall–Kier alpha value is -2.73. The van der Waals surface area contributed by atoms with Crippen molar-refractivity contribution in [3.63, 3.8) is 0 Å². The zero-order valence-corrected chi connectivity index (χ0v) is 14.1. The minimum absolute atomic E-state index is 0.0199. The average Bonchev–Trinajstić information content (AvgIpc) is 2.61. The summed E-state index contributed by atoms with van der Waals surface area (Å²) < 4.78 is 22.1. The van der Waals surface area contributed by atoms with Crippen LogP contribution in [0, 0.1) is 5.21 Å². The average molecular weight is 349 g/mol. The number of allylic oxidation sites excluding steroid dienone is 2. The lowest BCUT2D eigenvalue weighted by molar-refractivity contribution is -0.744. The molecule has 0 saturated carbocycles. The highest BCUT2D eigenvalue weighted by Gasteiger charge is 2.26. The molecule has 0 N–H and O–H groups in total. The highest BCUT2D eigenvalue weighted by Crippen LogP contribution is 2.32. The van der Waals surface area contributed by atoms with Gasteiger partial charge in [0.05, 0.1) is 0 Å². The van der Waals surface area contributed by atoms with Gasteiger partial charge in [-0.25, -0.2) is 0 Å². The van der Waals surface area contributed by atoms with Gasteiger partial charge in [0.2, 0.25) is 0 Å². The van der Waals surface area contributed by atoms with Crippen LogP contribution in [0.4, 0.5) is 0 Å². The predicted octanol–water partition coefficient (Wildman–Crippen LogP) is 3.90. The standard InChI is InChI=1S/C20H15NO3S/c22-21(12-6-5-11-20(21)25(23)24)14-19-17-9-3-1-7-15(17)13-16-8-2-4-10-18(16)19/h1-13H,14H2. The molecule has 0 fully saturated rings. The molecule has 0 amide bonds. The van der Waals surface area contributed by atoms with Crippen molar-refractivity contribution in [3.8, 4) is 0 Å². The monoisotopic (exact) mass is 349 g/mol. The predicted molar refractivity (Wildman–Crippen MR) is 101 cm³/mol.